The van der Waals surface area contributed by atoms with E-state index < -0.39 is 17.7 Å². The van der Waals surface area contributed by atoms with Gasteiger partial charge in [-0.05, 0) is 58.1 Å². The maximum Gasteiger partial charge on any atom is 0.408 e. The number of hydrogen-bond donors (Lipinski definition) is 2. The zero-order valence-corrected chi connectivity index (χ0v) is 21.6. The minimum absolute atomic E-state index is 0.139. The maximum absolute atomic E-state index is 13.7. The van der Waals surface area contributed by atoms with Gasteiger partial charge in [0.15, 0.2) is 0 Å². The molecule has 3 amide bonds. The van der Waals surface area contributed by atoms with Crippen LogP contribution in [0.1, 0.15) is 96.2 Å². The lowest BCUT2D eigenvalue weighted by Crippen LogP contribution is -2.50. The molecule has 7 heteroatoms. The number of nitrogens with one attached hydrogen (secondary N) is 2. The minimum atomic E-state index is -0.743. The topological polar surface area (TPSA) is 87.7 Å². The van der Waals surface area contributed by atoms with Gasteiger partial charge < -0.3 is 20.3 Å². The molecule has 1 aliphatic carbocycles. The number of hydrogen-bond acceptors (Lipinski definition) is 4. The molecule has 2 rings (SSSR count). The van der Waals surface area contributed by atoms with Gasteiger partial charge in [0.05, 0.1) is 0 Å². The van der Waals surface area contributed by atoms with Crippen molar-refractivity contribution in [1.29, 1.82) is 0 Å². The number of benzene rings is 1. The Balaban J connectivity index is 2.28. The van der Waals surface area contributed by atoms with Gasteiger partial charge in [0, 0.05) is 12.6 Å². The number of ether oxygens (including phenoxy) is 1. The van der Waals surface area contributed by atoms with Gasteiger partial charge in [-0.2, -0.15) is 0 Å². The molecule has 0 saturated heterocycles. The Bertz CT molecular complexity index is 812. The predicted octanol–water partition coefficient (Wildman–Crippen LogP) is 5.03. The fourth-order valence-corrected chi connectivity index (χ4v) is 4.36. The highest BCUT2D eigenvalue weighted by Gasteiger charge is 2.33. The summed E-state index contributed by atoms with van der Waals surface area (Å²) in [6.45, 7) is 9.61. The zero-order chi connectivity index (χ0) is 25.1. The molecule has 1 fully saturated rings. The largest absolute Gasteiger partial charge is 0.444 e. The number of amides is 3. The molecule has 0 heterocycles. The van der Waals surface area contributed by atoms with Gasteiger partial charge in [-0.3, -0.25) is 9.59 Å². The first-order valence-corrected chi connectivity index (χ1v) is 12.7. The molecule has 34 heavy (non-hydrogen) atoms. The van der Waals surface area contributed by atoms with E-state index in [1.54, 1.807) is 25.7 Å². The van der Waals surface area contributed by atoms with Gasteiger partial charge in [-0.25, -0.2) is 4.79 Å². The summed E-state index contributed by atoms with van der Waals surface area (Å²) in [7, 11) is 0. The Hall–Kier alpha value is -2.57. The summed E-state index contributed by atoms with van der Waals surface area (Å²) in [4.78, 5) is 40.8. The van der Waals surface area contributed by atoms with Gasteiger partial charge in [0.2, 0.25) is 11.8 Å². The standard InChI is InChI=1S/C27H43N3O4/c1-6-7-13-18-30(23(31)19-28-26(33)34-27(3,4)5)24(22-17-12-11-14-20(22)2)25(32)29-21-15-9-8-10-16-21/h11-12,14,17,21,24H,6-10,13,15-16,18-19H2,1-5H3,(H,28,33)(H,29,32). The second-order valence-electron chi connectivity index (χ2n) is 10.3. The molecule has 0 bridgehead atoms. The SMILES string of the molecule is CCCCCN(C(=O)CNC(=O)OC(C)(C)C)C(C(=O)NC1CCCCC1)c1ccccc1C. The van der Waals surface area contributed by atoms with Gasteiger partial charge in [-0.15, -0.1) is 0 Å². The quantitative estimate of drug-likeness (QED) is 0.467. The van der Waals surface area contributed by atoms with Crippen molar-refractivity contribution in [2.45, 2.75) is 104 Å². The number of carbonyl (C=O) groups is 3. The van der Waals surface area contributed by atoms with E-state index in [-0.39, 0.29) is 24.4 Å². The Morgan fingerprint density at radius 3 is 2.38 bits per heavy atom. The van der Waals surface area contributed by atoms with Crippen molar-refractivity contribution in [2.75, 3.05) is 13.1 Å². The molecule has 0 spiro atoms. The van der Waals surface area contributed by atoms with Crippen LogP contribution in [0.4, 0.5) is 4.79 Å². The van der Waals surface area contributed by atoms with E-state index in [4.69, 9.17) is 4.74 Å². The lowest BCUT2D eigenvalue weighted by molar-refractivity contribution is -0.140. The highest BCUT2D eigenvalue weighted by Crippen LogP contribution is 2.27. The summed E-state index contributed by atoms with van der Waals surface area (Å²) in [5.41, 5.74) is 1.12. The first-order valence-electron chi connectivity index (χ1n) is 12.7. The highest BCUT2D eigenvalue weighted by atomic mass is 16.6. The summed E-state index contributed by atoms with van der Waals surface area (Å²) >= 11 is 0. The van der Waals surface area contributed by atoms with E-state index in [1.165, 1.54) is 6.42 Å². The lowest BCUT2D eigenvalue weighted by atomic mass is 9.94. The van der Waals surface area contributed by atoms with Gasteiger partial charge in [-0.1, -0.05) is 63.3 Å². The number of rotatable bonds is 10. The van der Waals surface area contributed by atoms with E-state index in [0.717, 1.165) is 56.1 Å². The number of aryl methyl sites for hydroxylation is 1. The molecule has 2 N–H and O–H groups in total. The van der Waals surface area contributed by atoms with E-state index in [2.05, 4.69) is 17.6 Å². The zero-order valence-electron chi connectivity index (χ0n) is 21.6. The third-order valence-corrected chi connectivity index (χ3v) is 6.10. The van der Waals surface area contributed by atoms with Crippen LogP contribution in [0.25, 0.3) is 0 Å². The van der Waals surface area contributed by atoms with Crippen molar-refractivity contribution in [1.82, 2.24) is 15.5 Å². The first kappa shape index (κ1) is 27.7. The van der Waals surface area contributed by atoms with E-state index >= 15 is 0 Å². The molecule has 0 radical (unpaired) electrons. The van der Waals surface area contributed by atoms with Crippen LogP contribution < -0.4 is 10.6 Å². The Labute approximate surface area is 205 Å². The third-order valence-electron chi connectivity index (χ3n) is 6.10. The molecule has 1 aliphatic rings. The Morgan fingerprint density at radius 2 is 1.76 bits per heavy atom. The van der Waals surface area contributed by atoms with Crippen LogP contribution in [0.3, 0.4) is 0 Å². The van der Waals surface area contributed by atoms with Crippen LogP contribution in [-0.4, -0.2) is 47.5 Å². The van der Waals surface area contributed by atoms with Crippen molar-refractivity contribution in [3.63, 3.8) is 0 Å². The number of alkyl carbamates (subject to hydrolysis) is 1. The molecule has 1 atom stereocenters. The van der Waals surface area contributed by atoms with Crippen LogP contribution in [0.2, 0.25) is 0 Å². The lowest BCUT2D eigenvalue weighted by Gasteiger charge is -2.34. The molecule has 0 aliphatic heterocycles. The normalized spacial score (nSPS) is 15.3. The second-order valence-corrected chi connectivity index (χ2v) is 10.3. The van der Waals surface area contributed by atoms with Crippen LogP contribution >= 0.6 is 0 Å². The summed E-state index contributed by atoms with van der Waals surface area (Å²) in [6, 6.07) is 7.11. The average Bonchev–Trinajstić information content (AvgIpc) is 2.77. The van der Waals surface area contributed by atoms with Gasteiger partial charge in [0.25, 0.3) is 0 Å². The summed E-state index contributed by atoms with van der Waals surface area (Å²) in [5, 5.41) is 5.79. The number of carbonyl (C=O) groups excluding carboxylic acids is 3. The Morgan fingerprint density at radius 1 is 1.09 bits per heavy atom. The average molecular weight is 474 g/mol. The molecule has 1 aromatic carbocycles. The van der Waals surface area contributed by atoms with Crippen molar-refractivity contribution < 1.29 is 19.1 Å². The van der Waals surface area contributed by atoms with Crippen LogP contribution in [-0.2, 0) is 14.3 Å². The van der Waals surface area contributed by atoms with E-state index in [9.17, 15) is 14.4 Å². The third kappa shape index (κ3) is 8.99. The van der Waals surface area contributed by atoms with E-state index in [0.29, 0.717) is 6.54 Å². The molecule has 1 aromatic rings. The summed E-state index contributed by atoms with van der Waals surface area (Å²) in [6.07, 6.45) is 7.45. The number of nitrogens with zero attached hydrogens (tertiary/aromatic N) is 1. The molecule has 7 nitrogen and oxygen atoms in total. The fraction of sp³-hybridized carbons (Fsp3) is 0.667. The molecule has 190 valence electrons. The molecular weight excluding hydrogens is 430 g/mol. The predicted molar refractivity (Wildman–Crippen MR) is 134 cm³/mol. The fourth-order valence-electron chi connectivity index (χ4n) is 4.36. The minimum Gasteiger partial charge on any atom is -0.444 e. The molecule has 1 unspecified atom stereocenters. The molecule has 0 aromatic heterocycles. The van der Waals surface area contributed by atoms with Crippen LogP contribution in [0.5, 0.6) is 0 Å². The van der Waals surface area contributed by atoms with E-state index in [1.807, 2.05) is 31.2 Å². The Kier molecular flexibility index (Phi) is 10.9. The van der Waals surface area contributed by atoms with Gasteiger partial charge in [0.1, 0.15) is 18.2 Å². The van der Waals surface area contributed by atoms with Crippen molar-refractivity contribution in [2.24, 2.45) is 0 Å². The van der Waals surface area contributed by atoms with Gasteiger partial charge >= 0.3 is 6.09 Å². The van der Waals surface area contributed by atoms with Crippen molar-refractivity contribution in [3.05, 3.63) is 35.4 Å². The first-order chi connectivity index (χ1) is 16.1. The molecule has 1 saturated carbocycles. The van der Waals surface area contributed by atoms with Crippen molar-refractivity contribution in [3.8, 4) is 0 Å². The monoisotopic (exact) mass is 473 g/mol. The maximum atomic E-state index is 13.7. The summed E-state index contributed by atoms with van der Waals surface area (Å²) < 4.78 is 5.28. The number of unbranched alkanes of at least 4 members (excludes halogenated alkanes) is 2. The van der Waals surface area contributed by atoms with Crippen LogP contribution in [0, 0.1) is 6.92 Å². The van der Waals surface area contributed by atoms with Crippen LogP contribution in [0.15, 0.2) is 24.3 Å². The smallest absolute Gasteiger partial charge is 0.408 e. The molecular formula is C27H43N3O4. The summed E-state index contributed by atoms with van der Waals surface area (Å²) in [5.74, 6) is -0.447. The second kappa shape index (κ2) is 13.4. The highest BCUT2D eigenvalue weighted by molar-refractivity contribution is 5.90. The van der Waals surface area contributed by atoms with Crippen molar-refractivity contribution >= 4 is 17.9 Å².